The maximum absolute atomic E-state index is 12.5. The van der Waals surface area contributed by atoms with Gasteiger partial charge in [-0.2, -0.15) is 0 Å². The molecule has 0 unspecified atom stereocenters. The number of nitrogens with one attached hydrogen (secondary N) is 1. The SMILES string of the molecule is CC(C)=Nc1csc(C(=O)N(C)c2cc(C)on2)c1C.Cc1c(Br)csc1C(=O)O.Cc1cc(N(C)C(=O)c2scc(Br)c2C)no1.Cc1cc(N(C)C(=O)c2scc(N)c2O)no1.Cc1cc(NC(=O)c2scc(Br)c2C)no1. The molecular formula is C51H53Br3N10O11S5. The molecule has 424 valence electrons. The number of aromatic nitrogens is 4. The van der Waals surface area contributed by atoms with Gasteiger partial charge in [0.1, 0.15) is 32.8 Å². The Morgan fingerprint density at radius 1 is 0.537 bits per heavy atom. The van der Waals surface area contributed by atoms with Crippen LogP contribution in [0.1, 0.15) is 108 Å². The van der Waals surface area contributed by atoms with Gasteiger partial charge >= 0.3 is 5.97 Å². The second-order valence-corrected chi connectivity index (χ2v) is 24.1. The van der Waals surface area contributed by atoms with Gasteiger partial charge in [-0.15, -0.1) is 56.7 Å². The molecule has 9 heterocycles. The quantitative estimate of drug-likeness (QED) is 0.0925. The Kier molecular flexibility index (Phi) is 23.0. The van der Waals surface area contributed by atoms with Gasteiger partial charge in [0.2, 0.25) is 0 Å². The maximum Gasteiger partial charge on any atom is 0.346 e. The number of nitrogen functional groups attached to an aromatic ring is 1. The molecule has 0 saturated heterocycles. The van der Waals surface area contributed by atoms with Crippen molar-refractivity contribution in [3.8, 4) is 5.75 Å². The standard InChI is InChI=1S/C14H17N3O2S.C11H11BrN2O2S.C10H9BrN2O2S.C10H11N3O3S.C6H5BrO2S/c1-8(2)15-11-7-20-13(10(11)4)14(18)17(5)12-6-9(3)19-16-12;1-6-4-9(13-16-6)14(3)11(15)10-7(2)8(12)5-17-10;1-5-3-8(13-15-5)12-10(14)9-6(2)7(11)4-16-9;1-5-3-7(12-16-5)13(2)10(15)9-8(14)6(11)4-17-9;1-3-4(7)2-10-5(3)6(8)9/h6-7H,1-5H3;4-5H,1-3H3;3-4H,1-2H3,(H,12,13,14);3-4,14H,11H2,1-2H3;2H,1H3,(H,8,9). The van der Waals surface area contributed by atoms with Crippen LogP contribution in [0, 0.1) is 55.4 Å². The predicted octanol–water partition coefficient (Wildman–Crippen LogP) is 14.6. The number of rotatable bonds is 10. The zero-order chi connectivity index (χ0) is 59.4. The number of carboxylic acids is 1. The van der Waals surface area contributed by atoms with Crippen molar-refractivity contribution in [3.63, 3.8) is 0 Å². The summed E-state index contributed by atoms with van der Waals surface area (Å²) in [6.45, 7) is 18.5. The van der Waals surface area contributed by atoms with Crippen LogP contribution in [-0.4, -0.2) is 87.3 Å². The Labute approximate surface area is 504 Å². The first-order chi connectivity index (χ1) is 37.6. The van der Waals surface area contributed by atoms with Crippen LogP contribution in [0.3, 0.4) is 0 Å². The number of aryl methyl sites for hydroxylation is 4. The molecule has 0 aromatic carbocycles. The van der Waals surface area contributed by atoms with E-state index in [2.05, 4.69) is 78.7 Å². The lowest BCUT2D eigenvalue weighted by molar-refractivity contribution is 0.0700. The summed E-state index contributed by atoms with van der Waals surface area (Å²) in [5.41, 5.74) is 11.1. The highest BCUT2D eigenvalue weighted by Gasteiger charge is 2.25. The van der Waals surface area contributed by atoms with E-state index in [0.29, 0.717) is 65.8 Å². The number of anilines is 5. The maximum atomic E-state index is 12.5. The van der Waals surface area contributed by atoms with Crippen molar-refractivity contribution in [1.82, 2.24) is 20.6 Å². The molecule has 0 aliphatic carbocycles. The van der Waals surface area contributed by atoms with Crippen LogP contribution in [0.15, 0.2) is 87.7 Å². The molecule has 0 bridgehead atoms. The summed E-state index contributed by atoms with van der Waals surface area (Å²) in [6, 6.07) is 6.77. The fraction of sp³-hybridized carbons (Fsp3) is 0.255. The molecule has 29 heteroatoms. The average molecular weight is 1380 g/mol. The summed E-state index contributed by atoms with van der Waals surface area (Å²) in [6.07, 6.45) is 0. The van der Waals surface area contributed by atoms with Gasteiger partial charge in [0.25, 0.3) is 23.6 Å². The molecule has 0 radical (unpaired) electrons. The lowest BCUT2D eigenvalue weighted by Gasteiger charge is -2.12. The molecule has 0 aliphatic rings. The molecule has 0 spiro atoms. The number of nitrogens with zero attached hydrogens (tertiary/aromatic N) is 8. The lowest BCUT2D eigenvalue weighted by atomic mass is 10.2. The van der Waals surface area contributed by atoms with E-state index in [4.69, 9.17) is 28.9 Å². The third-order valence-corrected chi connectivity index (χ3v) is 19.4. The summed E-state index contributed by atoms with van der Waals surface area (Å²) in [4.78, 5) is 70.3. The molecule has 0 aliphatic heterocycles. The number of carbonyl (C=O) groups excluding carboxylic acids is 4. The predicted molar refractivity (Wildman–Crippen MR) is 326 cm³/mol. The van der Waals surface area contributed by atoms with Crippen LogP contribution in [0.5, 0.6) is 5.75 Å². The second kappa shape index (κ2) is 28.7. The van der Waals surface area contributed by atoms with Crippen molar-refractivity contribution < 1.29 is 52.3 Å². The van der Waals surface area contributed by atoms with Gasteiger partial charge in [0.15, 0.2) is 29.0 Å². The van der Waals surface area contributed by atoms with Gasteiger partial charge in [0, 0.05) is 91.4 Å². The van der Waals surface area contributed by atoms with Crippen molar-refractivity contribution in [2.75, 3.05) is 46.9 Å². The van der Waals surface area contributed by atoms with E-state index in [1.54, 1.807) is 85.4 Å². The molecule has 80 heavy (non-hydrogen) atoms. The van der Waals surface area contributed by atoms with Crippen LogP contribution in [0.25, 0.3) is 0 Å². The van der Waals surface area contributed by atoms with Gasteiger partial charge in [-0.25, -0.2) is 4.79 Å². The highest BCUT2D eigenvalue weighted by Crippen LogP contribution is 2.35. The molecule has 5 N–H and O–H groups in total. The van der Waals surface area contributed by atoms with Crippen LogP contribution in [0.4, 0.5) is 34.6 Å². The molecule has 21 nitrogen and oxygen atoms in total. The smallest absolute Gasteiger partial charge is 0.346 e. The Morgan fingerprint density at radius 2 is 0.900 bits per heavy atom. The van der Waals surface area contributed by atoms with Gasteiger partial charge in [-0.1, -0.05) is 20.6 Å². The zero-order valence-corrected chi connectivity index (χ0v) is 53.9. The number of thiophene rings is 5. The molecule has 0 atom stereocenters. The van der Waals surface area contributed by atoms with E-state index in [9.17, 15) is 29.1 Å². The summed E-state index contributed by atoms with van der Waals surface area (Å²) < 4.78 is 22.5. The van der Waals surface area contributed by atoms with Crippen molar-refractivity contribution in [3.05, 3.63) is 134 Å². The minimum Gasteiger partial charge on any atom is -0.504 e. The van der Waals surface area contributed by atoms with Crippen LogP contribution in [0.2, 0.25) is 0 Å². The first kappa shape index (κ1) is 64.2. The van der Waals surface area contributed by atoms with Gasteiger partial charge < -0.3 is 39.4 Å². The van der Waals surface area contributed by atoms with E-state index in [0.717, 1.165) is 58.4 Å². The molecule has 9 rings (SSSR count). The third kappa shape index (κ3) is 16.5. The van der Waals surface area contributed by atoms with E-state index in [-0.39, 0.29) is 39.9 Å². The van der Waals surface area contributed by atoms with Crippen molar-refractivity contribution in [2.24, 2.45) is 4.99 Å². The zero-order valence-electron chi connectivity index (χ0n) is 45.1. The number of nitrogens with two attached hydrogens (primary N) is 1. The molecule has 0 saturated carbocycles. The van der Waals surface area contributed by atoms with E-state index in [1.165, 1.54) is 65.4 Å². The number of carboxylic acid groups (broad SMARTS) is 1. The normalized spacial score (nSPS) is 10.4. The van der Waals surface area contributed by atoms with Crippen molar-refractivity contribution >= 4 is 174 Å². The fourth-order valence-corrected chi connectivity index (χ4v) is 12.4. The number of amides is 4. The molecule has 9 aromatic rings. The third-order valence-electron chi connectivity index (χ3n) is 10.7. The summed E-state index contributed by atoms with van der Waals surface area (Å²) in [5, 5.41) is 44.9. The topological polar surface area (TPSA) is 290 Å². The number of halogens is 3. The number of aromatic hydroxyl groups is 1. The highest BCUT2D eigenvalue weighted by molar-refractivity contribution is 9.11. The summed E-state index contributed by atoms with van der Waals surface area (Å²) >= 11 is 16.5. The minimum atomic E-state index is -0.854. The van der Waals surface area contributed by atoms with Crippen LogP contribution >= 0.6 is 104 Å². The Bertz CT molecular complexity index is 3570. The van der Waals surface area contributed by atoms with Gasteiger partial charge in [-0.05, 0) is 139 Å². The number of carbonyl (C=O) groups is 5. The fourth-order valence-electron chi connectivity index (χ4n) is 6.22. The van der Waals surface area contributed by atoms with E-state index in [1.807, 2.05) is 50.8 Å². The number of hydrogen-bond donors (Lipinski definition) is 4. The van der Waals surface area contributed by atoms with Gasteiger partial charge in [-0.3, -0.25) is 38.9 Å². The summed E-state index contributed by atoms with van der Waals surface area (Å²) in [5.74, 6) is 2.73. The van der Waals surface area contributed by atoms with Crippen LogP contribution in [-0.2, 0) is 0 Å². The van der Waals surface area contributed by atoms with E-state index < -0.39 is 5.97 Å². The largest absolute Gasteiger partial charge is 0.504 e. The van der Waals surface area contributed by atoms with Crippen molar-refractivity contribution in [2.45, 2.75) is 69.2 Å². The first-order valence-corrected chi connectivity index (χ1v) is 29.9. The average Bonchev–Trinajstić information content (AvgIpc) is 4.32. The second-order valence-electron chi connectivity index (χ2n) is 17.2. The number of aliphatic imine (C=N–C) groups is 1. The summed E-state index contributed by atoms with van der Waals surface area (Å²) in [7, 11) is 4.93. The Hall–Kier alpha value is -6.60. The van der Waals surface area contributed by atoms with Crippen LogP contribution < -0.4 is 25.8 Å². The Balaban J connectivity index is 0.000000186. The molecule has 4 amide bonds. The van der Waals surface area contributed by atoms with E-state index >= 15 is 0 Å². The Morgan fingerprint density at radius 3 is 1.23 bits per heavy atom. The molecule has 9 aromatic heterocycles. The van der Waals surface area contributed by atoms with Crippen molar-refractivity contribution in [1.29, 1.82) is 0 Å². The van der Waals surface area contributed by atoms with Gasteiger partial charge in [0.05, 0.1) is 26.0 Å². The molecule has 0 fully saturated rings. The minimum absolute atomic E-state index is 0.0773. The highest BCUT2D eigenvalue weighted by atomic mass is 79.9. The molecular weight excluding hydrogens is 1330 g/mol. The lowest BCUT2D eigenvalue weighted by Crippen LogP contribution is -2.26. The number of aromatic carboxylic acids is 1. The monoisotopic (exact) mass is 1380 g/mol. The first-order valence-electron chi connectivity index (χ1n) is 23.1. The number of hydrogen-bond acceptors (Lipinski definition) is 21.